The van der Waals surface area contributed by atoms with Crippen molar-refractivity contribution in [1.29, 1.82) is 0 Å². The number of methoxy groups -OCH3 is 1. The van der Waals surface area contributed by atoms with Crippen LogP contribution >= 0.6 is 0 Å². The fraction of sp³-hybridized carbons (Fsp3) is 0.542. The molecule has 0 unspecified atom stereocenters. The largest absolute Gasteiger partial charge is 0.496 e. The van der Waals surface area contributed by atoms with Crippen LogP contribution in [0.15, 0.2) is 41.7 Å². The molecule has 1 aliphatic carbocycles. The van der Waals surface area contributed by atoms with Crippen LogP contribution in [0.2, 0.25) is 0 Å². The van der Waals surface area contributed by atoms with Gasteiger partial charge in [0.25, 0.3) is 11.5 Å². The summed E-state index contributed by atoms with van der Waals surface area (Å²) >= 11 is 0. The molecule has 0 fully saturated rings. The second-order valence-corrected chi connectivity index (χ2v) is 8.64. The minimum absolute atomic E-state index is 0.101. The van der Waals surface area contributed by atoms with Crippen LogP contribution < -0.4 is 15.6 Å². The highest BCUT2D eigenvalue weighted by Crippen LogP contribution is 2.24. The lowest BCUT2D eigenvalue weighted by Crippen LogP contribution is -2.33. The smallest absolute Gasteiger partial charge is 0.256 e. The van der Waals surface area contributed by atoms with Gasteiger partial charge in [-0.15, -0.1) is 0 Å². The van der Waals surface area contributed by atoms with Gasteiger partial charge in [0.05, 0.1) is 13.4 Å². The van der Waals surface area contributed by atoms with Gasteiger partial charge in [-0.1, -0.05) is 12.2 Å². The molecule has 32 heavy (non-hydrogen) atoms. The Labute approximate surface area is 188 Å². The van der Waals surface area contributed by atoms with Crippen LogP contribution in [0.1, 0.15) is 41.7 Å². The number of ether oxygens (including phenoxy) is 1. The molecule has 172 valence electrons. The van der Waals surface area contributed by atoms with Crippen LogP contribution in [0.25, 0.3) is 0 Å². The number of nitrogens with zero attached hydrogens (tertiary/aromatic N) is 4. The number of aromatic nitrogens is 3. The number of carbonyl (C=O) groups is 1. The summed E-state index contributed by atoms with van der Waals surface area (Å²) in [6.07, 6.45) is 14.9. The van der Waals surface area contributed by atoms with E-state index >= 15 is 0 Å². The number of carbonyl (C=O) groups excluding carboxylic acids is 1. The second-order valence-electron chi connectivity index (χ2n) is 8.64. The third-order valence-corrected chi connectivity index (χ3v) is 6.46. The minimum Gasteiger partial charge on any atom is -0.496 e. The molecule has 2 aromatic heterocycles. The Balaban J connectivity index is 1.45. The molecule has 0 bridgehead atoms. The van der Waals surface area contributed by atoms with E-state index in [-0.39, 0.29) is 11.5 Å². The van der Waals surface area contributed by atoms with E-state index in [1.54, 1.807) is 17.1 Å². The Hall–Kier alpha value is -2.87. The van der Waals surface area contributed by atoms with Crippen LogP contribution in [-0.2, 0) is 19.5 Å². The van der Waals surface area contributed by atoms with Gasteiger partial charge in [-0.2, -0.15) is 0 Å². The first-order valence-electron chi connectivity index (χ1n) is 11.6. The van der Waals surface area contributed by atoms with E-state index in [0.29, 0.717) is 36.7 Å². The molecule has 1 amide bonds. The quantitative estimate of drug-likeness (QED) is 0.503. The van der Waals surface area contributed by atoms with Crippen LogP contribution in [0, 0.1) is 5.92 Å². The maximum atomic E-state index is 13.1. The summed E-state index contributed by atoms with van der Waals surface area (Å²) in [6, 6.07) is 1.45. The van der Waals surface area contributed by atoms with Gasteiger partial charge in [0.1, 0.15) is 11.3 Å². The Morgan fingerprint density at radius 3 is 2.94 bits per heavy atom. The summed E-state index contributed by atoms with van der Waals surface area (Å²) in [5.74, 6) is 0.854. The Morgan fingerprint density at radius 2 is 2.19 bits per heavy atom. The lowest BCUT2D eigenvalue weighted by Gasteiger charge is -2.26. The average molecular weight is 440 g/mol. The molecule has 2 aliphatic rings. The van der Waals surface area contributed by atoms with Gasteiger partial charge in [-0.05, 0) is 31.6 Å². The average Bonchev–Trinajstić information content (AvgIpc) is 3.24. The second kappa shape index (κ2) is 10.6. The number of hydrogen-bond acceptors (Lipinski definition) is 5. The fourth-order valence-corrected chi connectivity index (χ4v) is 4.74. The van der Waals surface area contributed by atoms with Crippen molar-refractivity contribution in [2.45, 2.75) is 45.2 Å². The maximum Gasteiger partial charge on any atom is 0.256 e. The van der Waals surface area contributed by atoms with E-state index in [9.17, 15) is 9.59 Å². The maximum absolute atomic E-state index is 13.1. The van der Waals surface area contributed by atoms with E-state index in [4.69, 9.17) is 4.74 Å². The first kappa shape index (κ1) is 22.3. The Bertz CT molecular complexity index is 996. The van der Waals surface area contributed by atoms with Gasteiger partial charge in [-0.25, -0.2) is 4.98 Å². The lowest BCUT2D eigenvalue weighted by atomic mass is 9.94. The first-order chi connectivity index (χ1) is 15.7. The highest BCUT2D eigenvalue weighted by molar-refractivity contribution is 5.98. The van der Waals surface area contributed by atoms with Crippen LogP contribution in [0.5, 0.6) is 5.75 Å². The van der Waals surface area contributed by atoms with E-state index in [2.05, 4.69) is 27.4 Å². The molecule has 1 N–H and O–H groups in total. The number of aryl methyl sites for hydroxylation is 1. The molecule has 0 spiro atoms. The molecule has 1 atom stereocenters. The van der Waals surface area contributed by atoms with Crippen molar-refractivity contribution in [1.82, 2.24) is 24.3 Å². The molecule has 8 nitrogen and oxygen atoms in total. The minimum atomic E-state index is -0.179. The van der Waals surface area contributed by atoms with Crippen molar-refractivity contribution in [3.05, 3.63) is 58.6 Å². The zero-order chi connectivity index (χ0) is 22.3. The van der Waals surface area contributed by atoms with Crippen molar-refractivity contribution >= 4 is 5.91 Å². The van der Waals surface area contributed by atoms with E-state index in [1.807, 2.05) is 10.8 Å². The lowest BCUT2D eigenvalue weighted by molar-refractivity contribution is 0.0947. The van der Waals surface area contributed by atoms with E-state index in [0.717, 1.165) is 51.1 Å². The predicted molar refractivity (Wildman–Crippen MR) is 123 cm³/mol. The molecular formula is C24H33N5O3. The summed E-state index contributed by atoms with van der Waals surface area (Å²) in [4.78, 5) is 32.4. The monoisotopic (exact) mass is 439 g/mol. The highest BCUT2D eigenvalue weighted by Gasteiger charge is 2.26. The predicted octanol–water partition coefficient (Wildman–Crippen LogP) is 2.09. The number of allylic oxidation sites excluding steroid dienone is 2. The first-order valence-corrected chi connectivity index (χ1v) is 11.6. The Morgan fingerprint density at radius 1 is 1.28 bits per heavy atom. The van der Waals surface area contributed by atoms with Crippen LogP contribution in [-0.4, -0.2) is 58.2 Å². The number of nitrogens with one attached hydrogen (secondary N) is 1. The molecule has 0 radical (unpaired) electrons. The van der Waals surface area contributed by atoms with Gasteiger partial charge >= 0.3 is 0 Å². The van der Waals surface area contributed by atoms with E-state index < -0.39 is 0 Å². The molecule has 4 rings (SSSR count). The van der Waals surface area contributed by atoms with Crippen LogP contribution in [0.4, 0.5) is 0 Å². The van der Waals surface area contributed by atoms with Gasteiger partial charge in [-0.3, -0.25) is 9.59 Å². The molecule has 3 heterocycles. The SMILES string of the molecule is COc1cc(=O)n2c(c1C(=O)NCCCn1ccnc1)CCN(C[C@H]1CC=CCC1)CC2. The Kier molecular flexibility index (Phi) is 7.42. The number of fused-ring (bicyclic) bond motifs is 1. The van der Waals surface area contributed by atoms with Crippen molar-refractivity contribution in [3.63, 3.8) is 0 Å². The highest BCUT2D eigenvalue weighted by atomic mass is 16.5. The zero-order valence-corrected chi connectivity index (χ0v) is 18.8. The number of amides is 1. The third kappa shape index (κ3) is 5.30. The number of pyridine rings is 1. The zero-order valence-electron chi connectivity index (χ0n) is 18.8. The molecule has 0 aromatic carbocycles. The third-order valence-electron chi connectivity index (χ3n) is 6.46. The van der Waals surface area contributed by atoms with Crippen molar-refractivity contribution < 1.29 is 9.53 Å². The number of imidazole rings is 1. The topological polar surface area (TPSA) is 81.4 Å². The van der Waals surface area contributed by atoms with Crippen LogP contribution in [0.3, 0.4) is 0 Å². The van der Waals surface area contributed by atoms with Gasteiger partial charge in [0.2, 0.25) is 0 Å². The van der Waals surface area contributed by atoms with Crippen molar-refractivity contribution in [2.24, 2.45) is 5.92 Å². The normalized spacial score (nSPS) is 18.7. The summed E-state index contributed by atoms with van der Waals surface area (Å²) in [5.41, 5.74) is 1.18. The molecule has 0 saturated carbocycles. The summed E-state index contributed by atoms with van der Waals surface area (Å²) in [5, 5.41) is 3.01. The number of rotatable bonds is 8. The summed E-state index contributed by atoms with van der Waals surface area (Å²) < 4.78 is 9.21. The van der Waals surface area contributed by atoms with Crippen molar-refractivity contribution in [2.75, 3.05) is 33.3 Å². The standard InChI is InChI=1S/C24H33N5O3/c1-32-21-16-22(30)29-15-14-27(17-19-6-3-2-4-7-19)12-8-20(29)23(21)24(31)26-9-5-11-28-13-10-25-18-28/h2-3,10,13,16,18-19H,4-9,11-12,14-15,17H2,1H3,(H,26,31)/t19-/m0/s1. The molecule has 1 aliphatic heterocycles. The fourth-order valence-electron chi connectivity index (χ4n) is 4.74. The summed E-state index contributed by atoms with van der Waals surface area (Å²) in [7, 11) is 1.52. The van der Waals surface area contributed by atoms with E-state index in [1.165, 1.54) is 19.6 Å². The van der Waals surface area contributed by atoms with Crippen molar-refractivity contribution in [3.8, 4) is 5.75 Å². The molecule has 2 aromatic rings. The number of hydrogen-bond donors (Lipinski definition) is 1. The van der Waals surface area contributed by atoms with Gasteiger partial charge in [0.15, 0.2) is 0 Å². The molecule has 0 saturated heterocycles. The van der Waals surface area contributed by atoms with Gasteiger partial charge < -0.3 is 24.1 Å². The van der Waals surface area contributed by atoms with Gasteiger partial charge in [0, 0.05) is 69.8 Å². The summed E-state index contributed by atoms with van der Waals surface area (Å²) in [6.45, 7) is 4.63. The molecular weight excluding hydrogens is 406 g/mol. The molecule has 8 heteroatoms.